The second-order valence-electron chi connectivity index (χ2n) is 15.1. The first-order valence-corrected chi connectivity index (χ1v) is 18.7. The highest BCUT2D eigenvalue weighted by Crippen LogP contribution is 2.29. The van der Waals surface area contributed by atoms with E-state index >= 15 is 0 Å². The van der Waals surface area contributed by atoms with Gasteiger partial charge in [-0.05, 0) is 48.1 Å². The van der Waals surface area contributed by atoms with E-state index in [4.69, 9.17) is 0 Å². The number of ketones is 1. The minimum atomic E-state index is -1.09. The lowest BCUT2D eigenvalue weighted by atomic mass is 9.83. The quantitative estimate of drug-likeness (QED) is 0.180. The summed E-state index contributed by atoms with van der Waals surface area (Å²) in [4.78, 5) is 91.8. The molecule has 4 rings (SSSR count). The van der Waals surface area contributed by atoms with Crippen LogP contribution in [0.15, 0.2) is 42.9 Å². The van der Waals surface area contributed by atoms with E-state index in [2.05, 4.69) is 38.2 Å². The van der Waals surface area contributed by atoms with Gasteiger partial charge in [0.05, 0.1) is 12.2 Å². The molecule has 1 unspecified atom stereocenters. The first kappa shape index (κ1) is 40.1. The van der Waals surface area contributed by atoms with Crippen molar-refractivity contribution in [2.45, 2.75) is 136 Å². The molecule has 5 atom stereocenters. The van der Waals surface area contributed by atoms with Crippen LogP contribution in [0.5, 0.6) is 0 Å². The Bertz CT molecular complexity index is 1590. The maximum Gasteiger partial charge on any atom is 0.289 e. The van der Waals surface area contributed by atoms with Gasteiger partial charge in [-0.1, -0.05) is 91.5 Å². The number of fused-ring (bicyclic) bond motifs is 1. The van der Waals surface area contributed by atoms with Crippen LogP contribution in [0.2, 0.25) is 0 Å². The number of carbonyl (C=O) groups is 6. The molecule has 5 amide bonds. The molecular formula is C39H55N7O6. The molecule has 1 aromatic carbocycles. The molecule has 1 aromatic heterocycles. The highest BCUT2D eigenvalue weighted by Gasteiger charge is 2.44. The minimum absolute atomic E-state index is 0.0129. The van der Waals surface area contributed by atoms with Crippen LogP contribution in [0.3, 0.4) is 0 Å². The molecule has 52 heavy (non-hydrogen) atoms. The van der Waals surface area contributed by atoms with Crippen molar-refractivity contribution in [1.29, 1.82) is 0 Å². The third-order valence-corrected chi connectivity index (χ3v) is 9.87. The van der Waals surface area contributed by atoms with Crippen molar-refractivity contribution in [2.75, 3.05) is 0 Å². The summed E-state index contributed by atoms with van der Waals surface area (Å²) < 4.78 is 0. The molecular weight excluding hydrogens is 662 g/mol. The fraction of sp³-hybridized carbons (Fsp3) is 0.590. The number of hydrogen-bond acceptors (Lipinski definition) is 8. The van der Waals surface area contributed by atoms with Crippen LogP contribution in [0.4, 0.5) is 0 Å². The summed E-state index contributed by atoms with van der Waals surface area (Å²) in [6.45, 7) is 11.5. The van der Waals surface area contributed by atoms with Crippen molar-refractivity contribution >= 4 is 35.3 Å². The molecule has 2 aliphatic rings. The molecule has 13 heteroatoms. The van der Waals surface area contributed by atoms with Crippen LogP contribution >= 0.6 is 0 Å². The van der Waals surface area contributed by atoms with E-state index < -0.39 is 64.9 Å². The average Bonchev–Trinajstić information content (AvgIpc) is 3.95. The number of hydrogen-bond donors (Lipinski definition) is 4. The molecule has 1 saturated carbocycles. The molecule has 13 nitrogen and oxygen atoms in total. The molecule has 2 aromatic rings. The number of nitrogens with one attached hydrogen (secondary N) is 4. The number of Topliss-reactive ketones (excluding diaryl/α,β-unsaturated/α-hetero) is 1. The first-order valence-electron chi connectivity index (χ1n) is 18.7. The van der Waals surface area contributed by atoms with Crippen LogP contribution in [0.25, 0.3) is 0 Å². The van der Waals surface area contributed by atoms with Crippen molar-refractivity contribution in [2.24, 2.45) is 11.3 Å². The molecule has 4 N–H and O–H groups in total. The summed E-state index contributed by atoms with van der Waals surface area (Å²) in [7, 11) is 0. The number of rotatable bonds is 17. The predicted octanol–water partition coefficient (Wildman–Crippen LogP) is 3.41. The van der Waals surface area contributed by atoms with Gasteiger partial charge in [0, 0.05) is 31.4 Å². The molecule has 282 valence electrons. The van der Waals surface area contributed by atoms with Crippen molar-refractivity contribution in [1.82, 2.24) is 36.1 Å². The second kappa shape index (κ2) is 18.2. The minimum Gasteiger partial charge on any atom is -0.347 e. The second-order valence-corrected chi connectivity index (χ2v) is 15.1. The molecule has 1 fully saturated rings. The van der Waals surface area contributed by atoms with Crippen LogP contribution < -0.4 is 21.3 Å². The molecule has 2 heterocycles. The van der Waals surface area contributed by atoms with Crippen LogP contribution in [-0.2, 0) is 36.9 Å². The average molecular weight is 718 g/mol. The van der Waals surface area contributed by atoms with E-state index in [9.17, 15) is 28.8 Å². The number of benzene rings is 1. The SMILES string of the molecule is CCCCC(CC)[C@H](NC(=O)c1cnccn1)C(=O)N[C@H](C(=O)N1Cc2ccccc2C[C@H]1C(=O)N[C@@H](CCC)C(=O)C(=O)NC1CC1)C(C)(C)C. The fourth-order valence-corrected chi connectivity index (χ4v) is 6.61. The van der Waals surface area contributed by atoms with Crippen molar-refractivity contribution in [3.63, 3.8) is 0 Å². The lowest BCUT2D eigenvalue weighted by molar-refractivity contribution is -0.148. The van der Waals surface area contributed by atoms with Gasteiger partial charge in [-0.15, -0.1) is 0 Å². The highest BCUT2D eigenvalue weighted by atomic mass is 16.2. The molecule has 0 spiro atoms. The number of nitrogens with zero attached hydrogens (tertiary/aromatic N) is 3. The van der Waals surface area contributed by atoms with Gasteiger partial charge in [0.15, 0.2) is 0 Å². The van der Waals surface area contributed by atoms with E-state index in [1.54, 1.807) is 0 Å². The lowest BCUT2D eigenvalue weighted by Crippen LogP contribution is -2.63. The Morgan fingerprint density at radius 1 is 0.904 bits per heavy atom. The van der Waals surface area contributed by atoms with Gasteiger partial charge in [-0.2, -0.15) is 0 Å². The van der Waals surface area contributed by atoms with Gasteiger partial charge < -0.3 is 26.2 Å². The Kier molecular flexibility index (Phi) is 14.0. The monoisotopic (exact) mass is 717 g/mol. The summed E-state index contributed by atoms with van der Waals surface area (Å²) >= 11 is 0. The van der Waals surface area contributed by atoms with Gasteiger partial charge in [0.1, 0.15) is 23.8 Å². The van der Waals surface area contributed by atoms with Crippen LogP contribution in [-0.4, -0.2) is 80.4 Å². The maximum atomic E-state index is 14.8. The summed E-state index contributed by atoms with van der Waals surface area (Å²) in [5.41, 5.74) is 1.02. The fourth-order valence-electron chi connectivity index (χ4n) is 6.61. The predicted molar refractivity (Wildman–Crippen MR) is 195 cm³/mol. The van der Waals surface area contributed by atoms with E-state index in [1.165, 1.54) is 23.5 Å². The zero-order chi connectivity index (χ0) is 38.0. The molecule has 0 saturated heterocycles. The van der Waals surface area contributed by atoms with Crippen LogP contribution in [0.1, 0.15) is 115 Å². The number of aromatic nitrogens is 2. The number of amides is 5. The molecule has 1 aliphatic heterocycles. The Labute approximate surface area is 306 Å². The normalized spacial score (nSPS) is 17.8. The van der Waals surface area contributed by atoms with E-state index in [0.717, 1.165) is 36.8 Å². The Balaban J connectivity index is 1.63. The van der Waals surface area contributed by atoms with E-state index in [0.29, 0.717) is 19.3 Å². The van der Waals surface area contributed by atoms with E-state index in [1.807, 2.05) is 58.9 Å². The highest BCUT2D eigenvalue weighted by molar-refractivity contribution is 6.38. The summed E-state index contributed by atoms with van der Waals surface area (Å²) in [6.07, 6.45) is 9.86. The summed E-state index contributed by atoms with van der Waals surface area (Å²) in [6, 6.07) is 3.42. The standard InChI is InChI=1S/C39H55N7O6/c1-7-10-14-24(9-3)31(44-34(48)29-22-40-19-20-41-29)36(50)45-33(39(4,5)6)38(52)46-23-26-16-12-11-15-25(26)21-30(46)35(49)43-28(13-8-2)32(47)37(51)42-27-17-18-27/h11-12,15-16,19-20,22,24,27-28,30-31,33H,7-10,13-14,17-18,21,23H2,1-6H3,(H,42,51)(H,43,49)(H,44,48)(H,45,50)/t24?,28-,30-,31-,33+/m0/s1. The Morgan fingerprint density at radius 3 is 2.21 bits per heavy atom. The zero-order valence-electron chi connectivity index (χ0n) is 31.4. The van der Waals surface area contributed by atoms with Gasteiger partial charge in [0.25, 0.3) is 11.8 Å². The Hall–Kier alpha value is -4.68. The topological polar surface area (TPSA) is 180 Å². The third kappa shape index (κ3) is 10.4. The van der Waals surface area contributed by atoms with Crippen molar-refractivity contribution < 1.29 is 28.8 Å². The zero-order valence-corrected chi connectivity index (χ0v) is 31.4. The van der Waals surface area contributed by atoms with Crippen molar-refractivity contribution in [3.8, 4) is 0 Å². The molecule has 0 radical (unpaired) electrons. The smallest absolute Gasteiger partial charge is 0.289 e. The summed E-state index contributed by atoms with van der Waals surface area (Å²) in [5, 5.41) is 11.4. The number of carbonyl (C=O) groups excluding carboxylic acids is 6. The largest absolute Gasteiger partial charge is 0.347 e. The first-order chi connectivity index (χ1) is 24.8. The summed E-state index contributed by atoms with van der Waals surface area (Å²) in [5.74, 6) is -3.73. The van der Waals surface area contributed by atoms with Crippen LogP contribution in [0, 0.1) is 11.3 Å². The Morgan fingerprint density at radius 2 is 1.62 bits per heavy atom. The van der Waals surface area contributed by atoms with Crippen molar-refractivity contribution in [3.05, 3.63) is 59.7 Å². The lowest BCUT2D eigenvalue weighted by Gasteiger charge is -2.41. The third-order valence-electron chi connectivity index (χ3n) is 9.87. The number of unbranched alkanes of at least 4 members (excludes halogenated alkanes) is 1. The van der Waals surface area contributed by atoms with Gasteiger partial charge in [-0.25, -0.2) is 4.98 Å². The maximum absolute atomic E-state index is 14.8. The van der Waals surface area contributed by atoms with E-state index in [-0.39, 0.29) is 37.0 Å². The van der Waals surface area contributed by atoms with Gasteiger partial charge >= 0.3 is 0 Å². The molecule has 0 bridgehead atoms. The van der Waals surface area contributed by atoms with Gasteiger partial charge in [0.2, 0.25) is 23.5 Å². The van der Waals surface area contributed by atoms with Gasteiger partial charge in [-0.3, -0.25) is 33.8 Å². The molecule has 1 aliphatic carbocycles.